The summed E-state index contributed by atoms with van der Waals surface area (Å²) < 4.78 is 5.30. The third kappa shape index (κ3) is 4.34. The number of hydrogen-bond donors (Lipinski definition) is 2. The summed E-state index contributed by atoms with van der Waals surface area (Å²) in [5.74, 6) is 6.06. The van der Waals surface area contributed by atoms with Crippen LogP contribution in [-0.4, -0.2) is 37.2 Å². The number of amides is 1. The molecule has 0 spiro atoms. The highest BCUT2D eigenvalue weighted by molar-refractivity contribution is 5.94. The van der Waals surface area contributed by atoms with E-state index in [0.717, 1.165) is 26.1 Å². The molecule has 1 aliphatic rings. The second-order valence-corrected chi connectivity index (χ2v) is 4.74. The maximum Gasteiger partial charge on any atom is 0.252 e. The van der Waals surface area contributed by atoms with E-state index in [-0.39, 0.29) is 5.91 Å². The molecule has 1 amide bonds. The molecule has 0 aliphatic carbocycles. The van der Waals surface area contributed by atoms with Crippen molar-refractivity contribution < 1.29 is 9.53 Å². The number of ether oxygens (including phenoxy) is 1. The lowest BCUT2D eigenvalue weighted by Crippen LogP contribution is -2.26. The van der Waals surface area contributed by atoms with Gasteiger partial charge in [0.25, 0.3) is 5.91 Å². The van der Waals surface area contributed by atoms with Crippen LogP contribution in [0.15, 0.2) is 18.5 Å². The van der Waals surface area contributed by atoms with Crippen molar-refractivity contribution in [3.05, 3.63) is 29.6 Å². The Balaban J connectivity index is 1.85. The number of aromatic nitrogens is 1. The standard InChI is InChI=1S/C15H19N3O2/c16-5-1-2-13-8-14(10-17-9-13)15(19)18-6-3-12-4-7-20-11-12/h8-10,12H,3-7,11,16H2,(H,18,19). The molecule has 1 aliphatic heterocycles. The fourth-order valence-electron chi connectivity index (χ4n) is 2.09. The number of carbonyl (C=O) groups is 1. The number of nitrogens with two attached hydrogens (primary N) is 1. The van der Waals surface area contributed by atoms with E-state index in [1.807, 2.05) is 0 Å². The second kappa shape index (κ2) is 7.63. The van der Waals surface area contributed by atoms with Gasteiger partial charge in [-0.2, -0.15) is 0 Å². The smallest absolute Gasteiger partial charge is 0.252 e. The average Bonchev–Trinajstić information content (AvgIpc) is 2.98. The monoisotopic (exact) mass is 273 g/mol. The fraction of sp³-hybridized carbons (Fsp3) is 0.467. The van der Waals surface area contributed by atoms with E-state index in [2.05, 4.69) is 22.1 Å². The van der Waals surface area contributed by atoms with E-state index < -0.39 is 0 Å². The van der Waals surface area contributed by atoms with E-state index in [1.165, 1.54) is 0 Å². The molecule has 2 rings (SSSR count). The van der Waals surface area contributed by atoms with E-state index in [0.29, 0.717) is 30.1 Å². The molecule has 2 heterocycles. The van der Waals surface area contributed by atoms with Crippen molar-refractivity contribution in [1.82, 2.24) is 10.3 Å². The summed E-state index contributed by atoms with van der Waals surface area (Å²) in [6.45, 7) is 2.59. The largest absolute Gasteiger partial charge is 0.381 e. The van der Waals surface area contributed by atoms with Gasteiger partial charge in [-0.1, -0.05) is 11.8 Å². The number of pyridine rings is 1. The zero-order valence-electron chi connectivity index (χ0n) is 11.4. The lowest BCUT2D eigenvalue weighted by Gasteiger charge is -2.08. The van der Waals surface area contributed by atoms with E-state index in [4.69, 9.17) is 10.5 Å². The molecule has 0 aromatic carbocycles. The number of rotatable bonds is 4. The van der Waals surface area contributed by atoms with Crippen LogP contribution in [0.1, 0.15) is 28.8 Å². The first-order chi connectivity index (χ1) is 9.79. The Morgan fingerprint density at radius 1 is 1.55 bits per heavy atom. The Bertz CT molecular complexity index is 513. The zero-order valence-corrected chi connectivity index (χ0v) is 11.4. The molecule has 1 saturated heterocycles. The van der Waals surface area contributed by atoms with Gasteiger partial charge in [0.2, 0.25) is 0 Å². The first kappa shape index (κ1) is 14.5. The SMILES string of the molecule is NCC#Cc1cncc(C(=O)NCCC2CCOC2)c1. The van der Waals surface area contributed by atoms with E-state index in [1.54, 1.807) is 18.5 Å². The van der Waals surface area contributed by atoms with Crippen molar-refractivity contribution in [2.24, 2.45) is 11.7 Å². The van der Waals surface area contributed by atoms with Crippen LogP contribution in [0.2, 0.25) is 0 Å². The summed E-state index contributed by atoms with van der Waals surface area (Å²) in [4.78, 5) is 16.0. The number of nitrogens with zero attached hydrogens (tertiary/aromatic N) is 1. The molecule has 106 valence electrons. The molecule has 1 atom stereocenters. The van der Waals surface area contributed by atoms with Gasteiger partial charge in [-0.3, -0.25) is 9.78 Å². The van der Waals surface area contributed by atoms with Crippen LogP contribution in [0, 0.1) is 17.8 Å². The lowest BCUT2D eigenvalue weighted by atomic mass is 10.1. The van der Waals surface area contributed by atoms with Crippen molar-refractivity contribution in [3.8, 4) is 11.8 Å². The Kier molecular flexibility index (Phi) is 5.54. The summed E-state index contributed by atoms with van der Waals surface area (Å²) in [6.07, 6.45) is 5.20. The van der Waals surface area contributed by atoms with Crippen LogP contribution in [-0.2, 0) is 4.74 Å². The Morgan fingerprint density at radius 3 is 3.20 bits per heavy atom. The molecule has 20 heavy (non-hydrogen) atoms. The molecule has 1 fully saturated rings. The highest BCUT2D eigenvalue weighted by Crippen LogP contribution is 2.15. The topological polar surface area (TPSA) is 77.2 Å². The van der Waals surface area contributed by atoms with Crippen molar-refractivity contribution in [2.75, 3.05) is 26.3 Å². The first-order valence-corrected chi connectivity index (χ1v) is 6.79. The molecule has 1 unspecified atom stereocenters. The third-order valence-corrected chi connectivity index (χ3v) is 3.20. The minimum absolute atomic E-state index is 0.118. The van der Waals surface area contributed by atoms with Crippen LogP contribution < -0.4 is 11.1 Å². The molecule has 1 aromatic heterocycles. The van der Waals surface area contributed by atoms with E-state index >= 15 is 0 Å². The highest BCUT2D eigenvalue weighted by Gasteiger charge is 2.15. The molecule has 0 saturated carbocycles. The predicted molar refractivity (Wildman–Crippen MR) is 76.0 cm³/mol. The maximum absolute atomic E-state index is 12.0. The Labute approximate surface area is 118 Å². The van der Waals surface area contributed by atoms with Crippen LogP contribution in [0.25, 0.3) is 0 Å². The molecule has 3 N–H and O–H groups in total. The quantitative estimate of drug-likeness (QED) is 0.785. The van der Waals surface area contributed by atoms with Gasteiger partial charge < -0.3 is 15.8 Å². The number of hydrogen-bond acceptors (Lipinski definition) is 4. The molecular formula is C15H19N3O2. The van der Waals surface area contributed by atoms with Gasteiger partial charge in [0.05, 0.1) is 12.1 Å². The Morgan fingerprint density at radius 2 is 2.45 bits per heavy atom. The summed E-state index contributed by atoms with van der Waals surface area (Å²) >= 11 is 0. The van der Waals surface area contributed by atoms with Crippen LogP contribution >= 0.6 is 0 Å². The highest BCUT2D eigenvalue weighted by atomic mass is 16.5. The minimum atomic E-state index is -0.118. The summed E-state index contributed by atoms with van der Waals surface area (Å²) in [5, 5.41) is 2.90. The van der Waals surface area contributed by atoms with Gasteiger partial charge in [0, 0.05) is 37.7 Å². The van der Waals surface area contributed by atoms with Gasteiger partial charge in [-0.15, -0.1) is 0 Å². The molecule has 1 aromatic rings. The molecule has 0 bridgehead atoms. The van der Waals surface area contributed by atoms with Crippen LogP contribution in [0.4, 0.5) is 0 Å². The van der Waals surface area contributed by atoms with Crippen molar-refractivity contribution in [3.63, 3.8) is 0 Å². The molecule has 5 heteroatoms. The molecule has 0 radical (unpaired) electrons. The van der Waals surface area contributed by atoms with Gasteiger partial charge >= 0.3 is 0 Å². The zero-order chi connectivity index (χ0) is 14.2. The molecule has 5 nitrogen and oxygen atoms in total. The van der Waals surface area contributed by atoms with Crippen molar-refractivity contribution in [2.45, 2.75) is 12.8 Å². The van der Waals surface area contributed by atoms with Gasteiger partial charge in [0.15, 0.2) is 0 Å². The van der Waals surface area contributed by atoms with Gasteiger partial charge in [-0.05, 0) is 24.8 Å². The summed E-state index contributed by atoms with van der Waals surface area (Å²) in [5.41, 5.74) is 6.54. The number of carbonyl (C=O) groups excluding carboxylic acids is 1. The fourth-order valence-corrected chi connectivity index (χ4v) is 2.09. The van der Waals surface area contributed by atoms with E-state index in [9.17, 15) is 4.79 Å². The van der Waals surface area contributed by atoms with Crippen molar-refractivity contribution in [1.29, 1.82) is 0 Å². The predicted octanol–water partition coefficient (Wildman–Crippen LogP) is 0.548. The van der Waals surface area contributed by atoms with Crippen LogP contribution in [0.3, 0.4) is 0 Å². The van der Waals surface area contributed by atoms with Crippen LogP contribution in [0.5, 0.6) is 0 Å². The lowest BCUT2D eigenvalue weighted by molar-refractivity contribution is 0.0950. The summed E-state index contributed by atoms with van der Waals surface area (Å²) in [6, 6.07) is 1.73. The average molecular weight is 273 g/mol. The maximum atomic E-state index is 12.0. The first-order valence-electron chi connectivity index (χ1n) is 6.79. The minimum Gasteiger partial charge on any atom is -0.381 e. The van der Waals surface area contributed by atoms with Gasteiger partial charge in [-0.25, -0.2) is 0 Å². The number of nitrogens with one attached hydrogen (secondary N) is 1. The normalized spacial score (nSPS) is 17.4. The third-order valence-electron chi connectivity index (χ3n) is 3.20. The van der Waals surface area contributed by atoms with Gasteiger partial charge in [0.1, 0.15) is 0 Å². The molecular weight excluding hydrogens is 254 g/mol. The second-order valence-electron chi connectivity index (χ2n) is 4.74. The summed E-state index contributed by atoms with van der Waals surface area (Å²) in [7, 11) is 0. The van der Waals surface area contributed by atoms with Crippen molar-refractivity contribution >= 4 is 5.91 Å². The Hall–Kier alpha value is -1.90.